The Morgan fingerprint density at radius 2 is 2.28 bits per heavy atom. The molecule has 1 aromatic rings. The van der Waals surface area contributed by atoms with Gasteiger partial charge in [0.1, 0.15) is 5.75 Å². The van der Waals surface area contributed by atoms with E-state index in [0.29, 0.717) is 6.04 Å². The second kappa shape index (κ2) is 4.73. The van der Waals surface area contributed by atoms with Crippen LogP contribution in [0.15, 0.2) is 24.5 Å². The van der Waals surface area contributed by atoms with Gasteiger partial charge in [-0.15, -0.1) is 0 Å². The van der Waals surface area contributed by atoms with E-state index in [1.165, 1.54) is 17.6 Å². The molecule has 0 saturated carbocycles. The molecule has 1 fully saturated rings. The fraction of sp³-hybridized carbons (Fsp3) is 0.533. The van der Waals surface area contributed by atoms with Crippen molar-refractivity contribution in [1.82, 2.24) is 10.3 Å². The Bertz CT molecular complexity index is 467. The maximum Gasteiger partial charge on any atom is 0.138 e. The first kappa shape index (κ1) is 11.7. The molecule has 1 aliphatic carbocycles. The molecule has 18 heavy (non-hydrogen) atoms. The first-order valence-electron chi connectivity index (χ1n) is 6.77. The van der Waals surface area contributed by atoms with E-state index in [9.17, 15) is 0 Å². The van der Waals surface area contributed by atoms with Crippen molar-refractivity contribution >= 4 is 5.57 Å². The van der Waals surface area contributed by atoms with Crippen LogP contribution in [-0.2, 0) is 0 Å². The normalized spacial score (nSPS) is 26.3. The predicted molar refractivity (Wildman–Crippen MR) is 72.5 cm³/mol. The maximum absolute atomic E-state index is 5.71. The molecule has 2 bridgehead atoms. The summed E-state index contributed by atoms with van der Waals surface area (Å²) in [6, 6.07) is 2.68. The van der Waals surface area contributed by atoms with Crippen molar-refractivity contribution in [2.75, 3.05) is 6.54 Å². The summed E-state index contributed by atoms with van der Waals surface area (Å²) in [7, 11) is 0. The molecule has 2 aliphatic rings. The summed E-state index contributed by atoms with van der Waals surface area (Å²) in [6.07, 6.45) is 8.75. The molecule has 3 rings (SSSR count). The molecule has 0 spiro atoms. The van der Waals surface area contributed by atoms with E-state index in [-0.39, 0.29) is 6.10 Å². The average molecular weight is 244 g/mol. The minimum Gasteiger partial charge on any atom is -0.489 e. The number of fused-ring (bicyclic) bond motifs is 2. The molecular weight excluding hydrogens is 224 g/mol. The number of rotatable bonds is 3. The lowest BCUT2D eigenvalue weighted by molar-refractivity contribution is 0.241. The summed E-state index contributed by atoms with van der Waals surface area (Å²) >= 11 is 0. The minimum atomic E-state index is 0.195. The van der Waals surface area contributed by atoms with Crippen LogP contribution in [0.4, 0.5) is 0 Å². The molecule has 0 amide bonds. The molecule has 0 aromatic carbocycles. The van der Waals surface area contributed by atoms with Crippen LogP contribution in [0, 0.1) is 5.92 Å². The van der Waals surface area contributed by atoms with Crippen LogP contribution >= 0.6 is 0 Å². The molecule has 1 aliphatic heterocycles. The van der Waals surface area contributed by atoms with Gasteiger partial charge in [0, 0.05) is 12.2 Å². The number of nitrogens with zero attached hydrogens (tertiary/aromatic N) is 1. The molecule has 0 radical (unpaired) electrons. The Labute approximate surface area is 108 Å². The molecule has 2 atom stereocenters. The predicted octanol–water partition coefficient (Wildman–Crippen LogP) is 2.63. The highest BCUT2D eigenvalue weighted by Crippen LogP contribution is 2.34. The van der Waals surface area contributed by atoms with E-state index >= 15 is 0 Å². The first-order valence-corrected chi connectivity index (χ1v) is 6.77. The van der Waals surface area contributed by atoms with E-state index in [4.69, 9.17) is 4.74 Å². The van der Waals surface area contributed by atoms with Crippen molar-refractivity contribution < 1.29 is 4.74 Å². The van der Waals surface area contributed by atoms with Gasteiger partial charge < -0.3 is 10.1 Å². The second-order valence-corrected chi connectivity index (χ2v) is 5.59. The van der Waals surface area contributed by atoms with Crippen LogP contribution in [-0.4, -0.2) is 23.7 Å². The van der Waals surface area contributed by atoms with Crippen molar-refractivity contribution in [3.05, 3.63) is 30.1 Å². The van der Waals surface area contributed by atoms with E-state index in [2.05, 4.69) is 22.4 Å². The number of ether oxygens (including phenoxy) is 1. The molecule has 96 valence electrons. The Balaban J connectivity index is 1.84. The fourth-order valence-electron chi connectivity index (χ4n) is 2.89. The Morgan fingerprint density at radius 1 is 1.39 bits per heavy atom. The van der Waals surface area contributed by atoms with Crippen molar-refractivity contribution in [3.63, 3.8) is 0 Å². The smallest absolute Gasteiger partial charge is 0.138 e. The Morgan fingerprint density at radius 3 is 3.06 bits per heavy atom. The van der Waals surface area contributed by atoms with E-state index < -0.39 is 0 Å². The zero-order valence-corrected chi connectivity index (χ0v) is 11.0. The average Bonchev–Trinajstić information content (AvgIpc) is 2.68. The largest absolute Gasteiger partial charge is 0.489 e. The second-order valence-electron chi connectivity index (χ2n) is 5.59. The lowest BCUT2D eigenvalue weighted by Crippen LogP contribution is -2.18. The highest BCUT2D eigenvalue weighted by atomic mass is 16.5. The number of hydrogen-bond donors (Lipinski definition) is 1. The number of aromatic nitrogens is 1. The highest BCUT2D eigenvalue weighted by molar-refractivity contribution is 5.68. The summed E-state index contributed by atoms with van der Waals surface area (Å²) in [4.78, 5) is 4.30. The molecule has 3 heteroatoms. The molecule has 2 unspecified atom stereocenters. The molecule has 1 saturated heterocycles. The number of pyridine rings is 1. The van der Waals surface area contributed by atoms with Gasteiger partial charge >= 0.3 is 0 Å². The van der Waals surface area contributed by atoms with Gasteiger partial charge in [0.25, 0.3) is 0 Å². The van der Waals surface area contributed by atoms with E-state index in [1.807, 2.05) is 20.0 Å². The van der Waals surface area contributed by atoms with Crippen molar-refractivity contribution in [2.24, 2.45) is 5.92 Å². The summed E-state index contributed by atoms with van der Waals surface area (Å²) in [5, 5.41) is 3.54. The lowest BCUT2D eigenvalue weighted by Gasteiger charge is -2.19. The van der Waals surface area contributed by atoms with Gasteiger partial charge in [0.2, 0.25) is 0 Å². The molecule has 3 nitrogen and oxygen atoms in total. The summed E-state index contributed by atoms with van der Waals surface area (Å²) in [6.45, 7) is 5.23. The maximum atomic E-state index is 5.71. The van der Waals surface area contributed by atoms with Crippen LogP contribution in [0.5, 0.6) is 5.75 Å². The Kier molecular flexibility index (Phi) is 3.08. The third-order valence-corrected chi connectivity index (χ3v) is 3.62. The van der Waals surface area contributed by atoms with Crippen LogP contribution in [0.2, 0.25) is 0 Å². The van der Waals surface area contributed by atoms with Crippen molar-refractivity contribution in [2.45, 2.75) is 38.8 Å². The standard InChI is InChI=1S/C15H20N2O/c1-10(2)18-15-6-13(8-16-9-15)12-3-11-4-14(5-12)17-7-11/h5-6,8-11,14,17H,3-4,7H2,1-2H3. The van der Waals surface area contributed by atoms with Crippen LogP contribution < -0.4 is 10.1 Å². The summed E-state index contributed by atoms with van der Waals surface area (Å²) < 4.78 is 5.71. The van der Waals surface area contributed by atoms with Crippen molar-refractivity contribution in [1.29, 1.82) is 0 Å². The highest BCUT2D eigenvalue weighted by Gasteiger charge is 2.28. The van der Waals surface area contributed by atoms with E-state index in [1.54, 1.807) is 6.20 Å². The zero-order chi connectivity index (χ0) is 12.5. The molecule has 1 N–H and O–H groups in total. The van der Waals surface area contributed by atoms with Gasteiger partial charge in [-0.2, -0.15) is 0 Å². The molecule has 1 aromatic heterocycles. The van der Waals surface area contributed by atoms with Crippen LogP contribution in [0.3, 0.4) is 0 Å². The lowest BCUT2D eigenvalue weighted by atomic mass is 9.87. The summed E-state index contributed by atoms with van der Waals surface area (Å²) in [5.41, 5.74) is 2.63. The van der Waals surface area contributed by atoms with Gasteiger partial charge in [-0.05, 0) is 56.4 Å². The van der Waals surface area contributed by atoms with Gasteiger partial charge in [0.15, 0.2) is 0 Å². The topological polar surface area (TPSA) is 34.1 Å². The quantitative estimate of drug-likeness (QED) is 0.887. The van der Waals surface area contributed by atoms with Crippen LogP contribution in [0.25, 0.3) is 5.57 Å². The molecule has 2 heterocycles. The number of nitrogens with one attached hydrogen (secondary N) is 1. The SMILES string of the molecule is CC(C)Oc1cncc(C2=CC3CC(CN3)C2)c1. The third-order valence-electron chi connectivity index (χ3n) is 3.62. The van der Waals surface area contributed by atoms with Crippen LogP contribution in [0.1, 0.15) is 32.3 Å². The van der Waals surface area contributed by atoms with Gasteiger partial charge in [-0.1, -0.05) is 6.08 Å². The Hall–Kier alpha value is -1.35. The fourth-order valence-corrected chi connectivity index (χ4v) is 2.89. The van der Waals surface area contributed by atoms with Gasteiger partial charge in [-0.25, -0.2) is 0 Å². The minimum absolute atomic E-state index is 0.195. The van der Waals surface area contributed by atoms with Gasteiger partial charge in [0.05, 0.1) is 12.3 Å². The monoisotopic (exact) mass is 244 g/mol. The third kappa shape index (κ3) is 2.41. The summed E-state index contributed by atoms with van der Waals surface area (Å²) in [5.74, 6) is 1.67. The van der Waals surface area contributed by atoms with Gasteiger partial charge in [-0.3, -0.25) is 4.98 Å². The number of hydrogen-bond acceptors (Lipinski definition) is 3. The van der Waals surface area contributed by atoms with Crippen molar-refractivity contribution in [3.8, 4) is 5.75 Å². The first-order chi connectivity index (χ1) is 8.70. The van der Waals surface area contributed by atoms with E-state index in [0.717, 1.165) is 24.6 Å². The zero-order valence-electron chi connectivity index (χ0n) is 11.0. The molecular formula is C15H20N2O. The number of allylic oxidation sites excluding steroid dienone is 1.